The van der Waals surface area contributed by atoms with E-state index in [-0.39, 0.29) is 10.1 Å². The number of sulfonamides is 1. The predicted molar refractivity (Wildman–Crippen MR) is 93.4 cm³/mol. The van der Waals surface area contributed by atoms with Crippen molar-refractivity contribution in [2.45, 2.75) is 42.4 Å². The first-order chi connectivity index (χ1) is 12.0. The monoisotopic (exact) mass is 401 g/mol. The lowest BCUT2D eigenvalue weighted by atomic mass is 10.2. The second-order valence-electron chi connectivity index (χ2n) is 6.11. The summed E-state index contributed by atoms with van der Waals surface area (Å²) in [5.41, 5.74) is 1.80. The molecule has 2 aromatic heterocycles. The van der Waals surface area contributed by atoms with E-state index in [9.17, 15) is 13.2 Å². The summed E-state index contributed by atoms with van der Waals surface area (Å²) >= 11 is 6.85. The molecule has 0 radical (unpaired) electrons. The number of hydrogen-bond acceptors (Lipinski definition) is 6. The number of nitrogens with one attached hydrogen (secondary N) is 1. The molecule has 1 saturated heterocycles. The van der Waals surface area contributed by atoms with E-state index in [2.05, 4.69) is 10.5 Å². The SMILES string of the molecule is O=C(Nc1onc2c1CCC2)C1CCCN1S(=O)(=O)c1ccc(Cl)s1. The minimum atomic E-state index is -3.74. The molecular formula is C15H16ClN3O4S2. The van der Waals surface area contributed by atoms with Crippen LogP contribution in [0.4, 0.5) is 5.88 Å². The average Bonchev–Trinajstić information content (AvgIpc) is 3.32. The van der Waals surface area contributed by atoms with Gasteiger partial charge in [0.2, 0.25) is 11.8 Å². The quantitative estimate of drug-likeness (QED) is 0.850. The highest BCUT2D eigenvalue weighted by atomic mass is 35.5. The predicted octanol–water partition coefficient (Wildman–Crippen LogP) is 2.67. The second kappa shape index (κ2) is 6.39. The molecule has 0 bridgehead atoms. The number of amides is 1. The molecule has 1 unspecified atom stereocenters. The fourth-order valence-electron chi connectivity index (χ4n) is 3.36. The minimum absolute atomic E-state index is 0.151. The number of rotatable bonds is 4. The Morgan fingerprint density at radius 1 is 1.36 bits per heavy atom. The first-order valence-electron chi connectivity index (χ1n) is 8.02. The molecular weight excluding hydrogens is 386 g/mol. The summed E-state index contributed by atoms with van der Waals surface area (Å²) in [6, 6.07) is 2.26. The summed E-state index contributed by atoms with van der Waals surface area (Å²) in [5, 5.41) is 6.69. The van der Waals surface area contributed by atoms with Gasteiger partial charge in [0.05, 0.1) is 10.0 Å². The van der Waals surface area contributed by atoms with Crippen LogP contribution < -0.4 is 5.32 Å². The standard InChI is InChI=1S/C15H16ClN3O4S2/c16-12-6-7-13(24-12)25(21,22)19-8-2-5-11(19)14(20)17-15-9-3-1-4-10(9)18-23-15/h6-7,11H,1-5,8H2,(H,17,20). The number of anilines is 1. The third-order valence-corrected chi connectivity index (χ3v) is 8.17. The van der Waals surface area contributed by atoms with E-state index in [0.29, 0.717) is 29.6 Å². The molecule has 1 aliphatic carbocycles. The van der Waals surface area contributed by atoms with Gasteiger partial charge in [-0.05, 0) is 44.2 Å². The van der Waals surface area contributed by atoms with Gasteiger partial charge in [-0.2, -0.15) is 4.31 Å². The van der Waals surface area contributed by atoms with E-state index in [4.69, 9.17) is 16.1 Å². The third kappa shape index (κ3) is 2.99. The number of aryl methyl sites for hydroxylation is 1. The Hall–Kier alpha value is -1.42. The number of carbonyl (C=O) groups is 1. The van der Waals surface area contributed by atoms with Crippen LogP contribution in [0.25, 0.3) is 0 Å². The summed E-state index contributed by atoms with van der Waals surface area (Å²) in [6.07, 6.45) is 3.75. The van der Waals surface area contributed by atoms with E-state index in [1.54, 1.807) is 6.07 Å². The van der Waals surface area contributed by atoms with Gasteiger partial charge in [0, 0.05) is 12.1 Å². The van der Waals surface area contributed by atoms with Gasteiger partial charge in [-0.15, -0.1) is 11.3 Å². The molecule has 1 N–H and O–H groups in total. The fourth-order valence-corrected chi connectivity index (χ4v) is 6.63. The van der Waals surface area contributed by atoms with Crippen LogP contribution in [0.2, 0.25) is 4.34 Å². The first kappa shape index (κ1) is 17.0. The summed E-state index contributed by atoms with van der Waals surface area (Å²) in [5.74, 6) is -0.0319. The maximum absolute atomic E-state index is 12.8. The Morgan fingerprint density at radius 2 is 2.20 bits per heavy atom. The van der Waals surface area contributed by atoms with Gasteiger partial charge in [0.15, 0.2) is 0 Å². The second-order valence-corrected chi connectivity index (χ2v) is 9.94. The maximum atomic E-state index is 12.8. The highest BCUT2D eigenvalue weighted by Crippen LogP contribution is 2.33. The Balaban J connectivity index is 1.55. The maximum Gasteiger partial charge on any atom is 0.253 e. The zero-order chi connectivity index (χ0) is 17.6. The Labute approximate surface area is 154 Å². The van der Waals surface area contributed by atoms with Crippen LogP contribution >= 0.6 is 22.9 Å². The van der Waals surface area contributed by atoms with Gasteiger partial charge in [-0.1, -0.05) is 16.8 Å². The molecule has 10 heteroatoms. The first-order valence-corrected chi connectivity index (χ1v) is 10.7. The van der Waals surface area contributed by atoms with Crippen molar-refractivity contribution >= 4 is 44.8 Å². The van der Waals surface area contributed by atoms with Gasteiger partial charge in [0.1, 0.15) is 10.3 Å². The van der Waals surface area contributed by atoms with Gasteiger partial charge in [-0.25, -0.2) is 8.42 Å². The molecule has 134 valence electrons. The van der Waals surface area contributed by atoms with Crippen LogP contribution in [-0.2, 0) is 27.7 Å². The molecule has 1 amide bonds. The smallest absolute Gasteiger partial charge is 0.253 e. The molecule has 0 spiro atoms. The number of thiophene rings is 1. The van der Waals surface area contributed by atoms with Crippen LogP contribution in [0, 0.1) is 0 Å². The molecule has 2 aromatic rings. The number of halogens is 1. The summed E-state index contributed by atoms with van der Waals surface area (Å²) in [7, 11) is -3.74. The highest BCUT2D eigenvalue weighted by Gasteiger charge is 2.40. The van der Waals surface area contributed by atoms with Crippen molar-refractivity contribution < 1.29 is 17.7 Å². The van der Waals surface area contributed by atoms with Gasteiger partial charge in [-0.3, -0.25) is 10.1 Å². The highest BCUT2D eigenvalue weighted by molar-refractivity contribution is 7.91. The molecule has 3 heterocycles. The van der Waals surface area contributed by atoms with Gasteiger partial charge >= 0.3 is 0 Å². The molecule has 4 rings (SSSR count). The lowest BCUT2D eigenvalue weighted by Gasteiger charge is -2.22. The number of nitrogens with zero attached hydrogens (tertiary/aromatic N) is 2. The number of aromatic nitrogens is 1. The normalized spacial score (nSPS) is 20.8. The fraction of sp³-hybridized carbons (Fsp3) is 0.467. The van der Waals surface area contributed by atoms with Crippen molar-refractivity contribution in [3.05, 3.63) is 27.7 Å². The molecule has 2 aliphatic rings. The third-order valence-electron chi connectivity index (χ3n) is 4.56. The van der Waals surface area contributed by atoms with E-state index in [0.717, 1.165) is 41.9 Å². The van der Waals surface area contributed by atoms with Crippen molar-refractivity contribution in [3.63, 3.8) is 0 Å². The van der Waals surface area contributed by atoms with Crippen molar-refractivity contribution in [3.8, 4) is 0 Å². The number of carbonyl (C=O) groups excluding carboxylic acids is 1. The van der Waals surface area contributed by atoms with Crippen LogP contribution in [0.3, 0.4) is 0 Å². The van der Waals surface area contributed by atoms with Gasteiger partial charge in [0.25, 0.3) is 10.0 Å². The summed E-state index contributed by atoms with van der Waals surface area (Å²) in [4.78, 5) is 12.7. The van der Waals surface area contributed by atoms with E-state index in [1.165, 1.54) is 10.4 Å². The molecule has 1 fully saturated rings. The average molecular weight is 402 g/mol. The van der Waals surface area contributed by atoms with Crippen LogP contribution in [-0.4, -0.2) is 36.4 Å². The largest absolute Gasteiger partial charge is 0.338 e. The summed E-state index contributed by atoms with van der Waals surface area (Å²) in [6.45, 7) is 0.310. The minimum Gasteiger partial charge on any atom is -0.338 e. The topological polar surface area (TPSA) is 92.5 Å². The summed E-state index contributed by atoms with van der Waals surface area (Å²) < 4.78 is 32.6. The van der Waals surface area contributed by atoms with Crippen LogP contribution in [0.15, 0.2) is 20.9 Å². The van der Waals surface area contributed by atoms with E-state index >= 15 is 0 Å². The van der Waals surface area contributed by atoms with Crippen LogP contribution in [0.5, 0.6) is 0 Å². The molecule has 7 nitrogen and oxygen atoms in total. The van der Waals surface area contributed by atoms with Crippen molar-refractivity contribution in [2.24, 2.45) is 0 Å². The Kier molecular flexibility index (Phi) is 4.35. The van der Waals surface area contributed by atoms with Gasteiger partial charge < -0.3 is 4.52 Å². The van der Waals surface area contributed by atoms with Crippen molar-refractivity contribution in [2.75, 3.05) is 11.9 Å². The molecule has 0 aromatic carbocycles. The van der Waals surface area contributed by atoms with Crippen molar-refractivity contribution in [1.29, 1.82) is 0 Å². The molecule has 25 heavy (non-hydrogen) atoms. The van der Waals surface area contributed by atoms with Crippen molar-refractivity contribution in [1.82, 2.24) is 9.46 Å². The zero-order valence-corrected chi connectivity index (χ0v) is 15.6. The van der Waals surface area contributed by atoms with E-state index in [1.807, 2.05) is 0 Å². The van der Waals surface area contributed by atoms with Crippen LogP contribution in [0.1, 0.15) is 30.5 Å². The lowest BCUT2D eigenvalue weighted by Crippen LogP contribution is -2.42. The number of fused-ring (bicyclic) bond motifs is 1. The Bertz CT molecular complexity index is 921. The molecule has 0 saturated carbocycles. The Morgan fingerprint density at radius 3 is 2.96 bits per heavy atom. The lowest BCUT2D eigenvalue weighted by molar-refractivity contribution is -0.119. The zero-order valence-electron chi connectivity index (χ0n) is 13.2. The molecule has 1 aliphatic heterocycles. The number of hydrogen-bond donors (Lipinski definition) is 1. The molecule has 1 atom stereocenters. The van der Waals surface area contributed by atoms with E-state index < -0.39 is 16.1 Å².